The van der Waals surface area contributed by atoms with E-state index >= 15 is 0 Å². The average molecular weight is 455 g/mol. The molecule has 0 saturated heterocycles. The monoisotopic (exact) mass is 454 g/mol. The van der Waals surface area contributed by atoms with Gasteiger partial charge in [-0.2, -0.15) is 0 Å². The minimum absolute atomic E-state index is 0.0668. The molecule has 2 aromatic carbocycles. The third-order valence-electron chi connectivity index (χ3n) is 5.14. The number of hydrogen-bond donors (Lipinski definition) is 1. The second-order valence-corrected chi connectivity index (χ2v) is 8.36. The lowest BCUT2D eigenvalue weighted by molar-refractivity contribution is -0.124. The van der Waals surface area contributed by atoms with Crippen LogP contribution in [0.25, 0.3) is 0 Å². The Balaban J connectivity index is 2.17. The molecule has 0 bridgehead atoms. The molecule has 0 spiro atoms. The summed E-state index contributed by atoms with van der Waals surface area (Å²) in [7, 11) is 0. The van der Waals surface area contributed by atoms with Crippen LogP contribution in [0.3, 0.4) is 0 Å². The maximum Gasteiger partial charge on any atom is 0.279 e. The topological polar surface area (TPSA) is 75.2 Å². The van der Waals surface area contributed by atoms with Crippen LogP contribution in [0.5, 0.6) is 0 Å². The molecule has 1 N–H and O–H groups in total. The Bertz CT molecular complexity index is 1070. The van der Waals surface area contributed by atoms with Gasteiger partial charge in [0.2, 0.25) is 5.91 Å². The highest BCUT2D eigenvalue weighted by atomic mass is 35.5. The Kier molecular flexibility index (Phi) is 7.20. The minimum atomic E-state index is -1.09. The molecule has 0 radical (unpaired) electrons. The highest BCUT2D eigenvalue weighted by Crippen LogP contribution is 2.31. The van der Waals surface area contributed by atoms with Gasteiger partial charge in [-0.3, -0.25) is 19.5 Å². The van der Waals surface area contributed by atoms with Crippen LogP contribution >= 0.6 is 11.6 Å². The SMILES string of the molecule is CCC(C)(C)NC(=O)[C@H](c1ccc(F)cc1)N(C(=O)c1cnccn1)c1ccc(Cl)cc1. The fourth-order valence-electron chi connectivity index (χ4n) is 3.07. The largest absolute Gasteiger partial charge is 0.349 e. The van der Waals surface area contributed by atoms with Crippen molar-refractivity contribution in [2.45, 2.75) is 38.8 Å². The van der Waals surface area contributed by atoms with E-state index in [1.54, 1.807) is 24.3 Å². The third-order valence-corrected chi connectivity index (χ3v) is 5.40. The molecule has 1 atom stereocenters. The second kappa shape index (κ2) is 9.87. The number of nitrogens with zero attached hydrogens (tertiary/aromatic N) is 3. The van der Waals surface area contributed by atoms with E-state index in [-0.39, 0.29) is 5.69 Å². The Hall–Kier alpha value is -3.32. The lowest BCUT2D eigenvalue weighted by Gasteiger charge is -2.34. The van der Waals surface area contributed by atoms with Crippen LogP contribution in [0, 0.1) is 5.82 Å². The van der Waals surface area contributed by atoms with Crippen LogP contribution in [-0.2, 0) is 4.79 Å². The molecule has 0 aliphatic heterocycles. The predicted molar refractivity (Wildman–Crippen MR) is 122 cm³/mol. The van der Waals surface area contributed by atoms with Crippen molar-refractivity contribution in [1.29, 1.82) is 0 Å². The van der Waals surface area contributed by atoms with Gasteiger partial charge in [0.1, 0.15) is 17.6 Å². The predicted octanol–water partition coefficient (Wildman–Crippen LogP) is 4.96. The quantitative estimate of drug-likeness (QED) is 0.547. The number of halogens is 2. The van der Waals surface area contributed by atoms with Gasteiger partial charge < -0.3 is 5.32 Å². The zero-order chi connectivity index (χ0) is 23.3. The average Bonchev–Trinajstić information content (AvgIpc) is 2.79. The summed E-state index contributed by atoms with van der Waals surface area (Å²) < 4.78 is 13.7. The van der Waals surface area contributed by atoms with Gasteiger partial charge in [-0.15, -0.1) is 0 Å². The van der Waals surface area contributed by atoms with Crippen molar-refractivity contribution < 1.29 is 14.0 Å². The first-order chi connectivity index (χ1) is 15.2. The van der Waals surface area contributed by atoms with Gasteiger partial charge in [-0.05, 0) is 62.2 Å². The van der Waals surface area contributed by atoms with E-state index in [0.717, 1.165) is 0 Å². The first-order valence-electron chi connectivity index (χ1n) is 10.1. The summed E-state index contributed by atoms with van der Waals surface area (Å²) in [6, 6.07) is 11.0. The molecule has 0 fully saturated rings. The Morgan fingerprint density at radius 3 is 2.31 bits per heavy atom. The molecule has 32 heavy (non-hydrogen) atoms. The molecule has 8 heteroatoms. The number of nitrogens with one attached hydrogen (secondary N) is 1. The number of carbonyl (C=O) groups is 2. The number of benzene rings is 2. The molecular weight excluding hydrogens is 431 g/mol. The standard InChI is InChI=1S/C24H24ClFN4O2/c1-4-24(2,3)29-22(31)21(16-5-9-18(26)10-6-16)30(19-11-7-17(25)8-12-19)23(32)20-15-27-13-14-28-20/h5-15,21H,4H2,1-3H3,(H,29,31)/t21-/m0/s1. The van der Waals surface area contributed by atoms with Crippen molar-refractivity contribution in [2.24, 2.45) is 0 Å². The number of aromatic nitrogens is 2. The number of hydrogen-bond acceptors (Lipinski definition) is 4. The molecule has 3 rings (SSSR count). The third kappa shape index (κ3) is 5.48. The maximum atomic E-state index is 13.7. The fraction of sp³-hybridized carbons (Fsp3) is 0.250. The number of carbonyl (C=O) groups excluding carboxylic acids is 2. The fourth-order valence-corrected chi connectivity index (χ4v) is 3.20. The molecule has 1 aromatic heterocycles. The van der Waals surface area contributed by atoms with Gasteiger partial charge in [0.05, 0.1) is 6.20 Å². The van der Waals surface area contributed by atoms with Crippen molar-refractivity contribution in [1.82, 2.24) is 15.3 Å². The van der Waals surface area contributed by atoms with E-state index in [1.807, 2.05) is 20.8 Å². The van der Waals surface area contributed by atoms with E-state index in [2.05, 4.69) is 15.3 Å². The summed E-state index contributed by atoms with van der Waals surface area (Å²) in [5.74, 6) is -1.38. The lowest BCUT2D eigenvalue weighted by atomic mass is 9.98. The van der Waals surface area contributed by atoms with E-state index in [4.69, 9.17) is 11.6 Å². The summed E-state index contributed by atoms with van der Waals surface area (Å²) in [6.45, 7) is 5.74. The molecule has 6 nitrogen and oxygen atoms in total. The van der Waals surface area contributed by atoms with Crippen molar-refractivity contribution in [3.63, 3.8) is 0 Å². The van der Waals surface area contributed by atoms with Crippen molar-refractivity contribution in [3.8, 4) is 0 Å². The van der Waals surface area contributed by atoms with Crippen molar-refractivity contribution in [2.75, 3.05) is 4.90 Å². The van der Waals surface area contributed by atoms with Crippen LogP contribution in [-0.4, -0.2) is 27.3 Å². The highest BCUT2D eigenvalue weighted by Gasteiger charge is 2.36. The smallest absolute Gasteiger partial charge is 0.279 e. The number of amides is 2. The van der Waals surface area contributed by atoms with Gasteiger partial charge >= 0.3 is 0 Å². The zero-order valence-corrected chi connectivity index (χ0v) is 18.8. The molecule has 3 aromatic rings. The van der Waals surface area contributed by atoms with Crippen LogP contribution in [0.1, 0.15) is 49.3 Å². The normalized spacial score (nSPS) is 12.2. The maximum absolute atomic E-state index is 13.7. The van der Waals surface area contributed by atoms with Gasteiger partial charge in [-0.1, -0.05) is 30.7 Å². The molecular formula is C24H24ClFN4O2. The molecule has 0 saturated carbocycles. The molecule has 2 amide bonds. The summed E-state index contributed by atoms with van der Waals surface area (Å²) in [4.78, 5) is 36.6. The molecule has 1 heterocycles. The van der Waals surface area contributed by atoms with E-state index in [1.165, 1.54) is 47.8 Å². The van der Waals surface area contributed by atoms with E-state index < -0.39 is 29.2 Å². The van der Waals surface area contributed by atoms with Gasteiger partial charge in [0.25, 0.3) is 5.91 Å². The van der Waals surface area contributed by atoms with Crippen LogP contribution < -0.4 is 10.2 Å². The number of rotatable bonds is 7. The summed E-state index contributed by atoms with van der Waals surface area (Å²) in [5, 5.41) is 3.48. The van der Waals surface area contributed by atoms with Gasteiger partial charge in [0, 0.05) is 28.6 Å². The Labute approximate surface area is 191 Å². The van der Waals surface area contributed by atoms with Gasteiger partial charge in [-0.25, -0.2) is 9.37 Å². The number of anilines is 1. The van der Waals surface area contributed by atoms with Crippen molar-refractivity contribution in [3.05, 3.63) is 89.2 Å². The van der Waals surface area contributed by atoms with Crippen LogP contribution in [0.4, 0.5) is 10.1 Å². The first-order valence-corrected chi connectivity index (χ1v) is 10.5. The highest BCUT2D eigenvalue weighted by molar-refractivity contribution is 6.30. The second-order valence-electron chi connectivity index (χ2n) is 7.92. The first kappa shape index (κ1) is 23.3. The van der Waals surface area contributed by atoms with E-state index in [9.17, 15) is 14.0 Å². The molecule has 0 unspecified atom stereocenters. The minimum Gasteiger partial charge on any atom is -0.349 e. The molecule has 0 aliphatic carbocycles. The zero-order valence-electron chi connectivity index (χ0n) is 18.0. The molecule has 0 aliphatic rings. The molecule has 166 valence electrons. The summed E-state index contributed by atoms with van der Waals surface area (Å²) in [5.41, 5.74) is 0.431. The Morgan fingerprint density at radius 2 is 1.75 bits per heavy atom. The summed E-state index contributed by atoms with van der Waals surface area (Å²) in [6.07, 6.45) is 4.87. The van der Waals surface area contributed by atoms with Crippen LogP contribution in [0.15, 0.2) is 67.1 Å². The summed E-state index contributed by atoms with van der Waals surface area (Å²) >= 11 is 6.05. The van der Waals surface area contributed by atoms with Crippen molar-refractivity contribution >= 4 is 29.1 Å². The van der Waals surface area contributed by atoms with Crippen LogP contribution in [0.2, 0.25) is 5.02 Å². The van der Waals surface area contributed by atoms with Gasteiger partial charge in [0.15, 0.2) is 0 Å². The van der Waals surface area contributed by atoms with E-state index in [0.29, 0.717) is 22.7 Å². The lowest BCUT2D eigenvalue weighted by Crippen LogP contribution is -2.50. The Morgan fingerprint density at radius 1 is 1.09 bits per heavy atom.